The standard InChI is InChI=1S/C11H11N5S/c1-7-14-15-11(16(7)2)17-9-5-3-4-8(6-12)10(9)13/h3-5H,13H2,1-2H3. The number of nitrogens with two attached hydrogens (primary N) is 1. The molecule has 0 bridgehead atoms. The molecule has 1 aromatic carbocycles. The predicted octanol–water partition coefficient (Wildman–Crippen LogP) is 1.73. The van der Waals surface area contributed by atoms with Crippen molar-refractivity contribution in [2.24, 2.45) is 7.05 Å². The van der Waals surface area contributed by atoms with E-state index in [-0.39, 0.29) is 0 Å². The maximum atomic E-state index is 8.90. The molecular weight excluding hydrogens is 234 g/mol. The van der Waals surface area contributed by atoms with Gasteiger partial charge in [0, 0.05) is 11.9 Å². The number of benzene rings is 1. The van der Waals surface area contributed by atoms with Crippen LogP contribution in [0.4, 0.5) is 5.69 Å². The summed E-state index contributed by atoms with van der Waals surface area (Å²) in [6, 6.07) is 7.43. The molecule has 0 aliphatic rings. The predicted molar refractivity (Wildman–Crippen MR) is 65.4 cm³/mol. The number of nitriles is 1. The smallest absolute Gasteiger partial charge is 0.195 e. The van der Waals surface area contributed by atoms with Crippen LogP contribution in [0.1, 0.15) is 11.4 Å². The normalized spacial score (nSPS) is 10.2. The van der Waals surface area contributed by atoms with E-state index in [0.717, 1.165) is 15.9 Å². The average Bonchev–Trinajstić information content (AvgIpc) is 2.64. The van der Waals surface area contributed by atoms with Gasteiger partial charge < -0.3 is 10.3 Å². The second-order valence-corrected chi connectivity index (χ2v) is 4.53. The third kappa shape index (κ3) is 2.10. The number of para-hydroxylation sites is 1. The van der Waals surface area contributed by atoms with Crippen LogP contribution >= 0.6 is 11.8 Å². The number of aromatic nitrogens is 3. The second-order valence-electron chi connectivity index (χ2n) is 3.52. The first-order chi connectivity index (χ1) is 8.13. The summed E-state index contributed by atoms with van der Waals surface area (Å²) in [4.78, 5) is 0.819. The van der Waals surface area contributed by atoms with Crippen LogP contribution in [-0.2, 0) is 7.05 Å². The van der Waals surface area contributed by atoms with Crippen molar-refractivity contribution in [3.8, 4) is 6.07 Å². The van der Waals surface area contributed by atoms with E-state index < -0.39 is 0 Å². The number of rotatable bonds is 2. The summed E-state index contributed by atoms with van der Waals surface area (Å²) in [5, 5.41) is 17.7. The Balaban J connectivity index is 2.37. The van der Waals surface area contributed by atoms with E-state index in [9.17, 15) is 0 Å². The number of aryl methyl sites for hydroxylation is 1. The summed E-state index contributed by atoms with van der Waals surface area (Å²) in [5.74, 6) is 0.836. The molecule has 0 spiro atoms. The van der Waals surface area contributed by atoms with Crippen molar-refractivity contribution >= 4 is 17.4 Å². The lowest BCUT2D eigenvalue weighted by atomic mass is 10.2. The van der Waals surface area contributed by atoms with E-state index in [1.807, 2.05) is 24.6 Å². The van der Waals surface area contributed by atoms with Gasteiger partial charge in [0.1, 0.15) is 11.9 Å². The Morgan fingerprint density at radius 2 is 2.18 bits per heavy atom. The van der Waals surface area contributed by atoms with Crippen LogP contribution in [0.5, 0.6) is 0 Å². The molecule has 0 atom stereocenters. The molecule has 5 nitrogen and oxygen atoms in total. The van der Waals surface area contributed by atoms with Gasteiger partial charge in [-0.1, -0.05) is 6.07 Å². The Kier molecular flexibility index (Phi) is 3.02. The van der Waals surface area contributed by atoms with Gasteiger partial charge in [-0.05, 0) is 30.8 Å². The fourth-order valence-electron chi connectivity index (χ4n) is 1.31. The number of hydrogen-bond acceptors (Lipinski definition) is 5. The highest BCUT2D eigenvalue weighted by Gasteiger charge is 2.10. The molecule has 0 aliphatic carbocycles. The molecule has 0 unspecified atom stereocenters. The van der Waals surface area contributed by atoms with Gasteiger partial charge in [0.15, 0.2) is 5.16 Å². The van der Waals surface area contributed by atoms with Crippen molar-refractivity contribution in [2.75, 3.05) is 5.73 Å². The summed E-state index contributed by atoms with van der Waals surface area (Å²) in [7, 11) is 1.89. The maximum Gasteiger partial charge on any atom is 0.195 e. The van der Waals surface area contributed by atoms with Gasteiger partial charge in [0.2, 0.25) is 0 Å². The van der Waals surface area contributed by atoms with Gasteiger partial charge in [0.05, 0.1) is 11.3 Å². The lowest BCUT2D eigenvalue weighted by molar-refractivity contribution is 0.766. The van der Waals surface area contributed by atoms with Gasteiger partial charge in [-0.25, -0.2) is 0 Å². The topological polar surface area (TPSA) is 80.5 Å². The van der Waals surface area contributed by atoms with E-state index in [1.165, 1.54) is 11.8 Å². The van der Waals surface area contributed by atoms with Crippen molar-refractivity contribution in [1.82, 2.24) is 14.8 Å². The summed E-state index contributed by atoms with van der Waals surface area (Å²) in [6.45, 7) is 1.88. The molecule has 2 N–H and O–H groups in total. The monoisotopic (exact) mass is 245 g/mol. The molecule has 2 rings (SSSR count). The van der Waals surface area contributed by atoms with Crippen LogP contribution < -0.4 is 5.73 Å². The van der Waals surface area contributed by atoms with Crippen molar-refractivity contribution in [3.05, 3.63) is 29.6 Å². The summed E-state index contributed by atoms with van der Waals surface area (Å²) in [6.07, 6.45) is 0. The fourth-order valence-corrected chi connectivity index (χ4v) is 2.22. The zero-order chi connectivity index (χ0) is 12.4. The van der Waals surface area contributed by atoms with E-state index in [0.29, 0.717) is 11.3 Å². The molecular formula is C11H11N5S. The van der Waals surface area contributed by atoms with E-state index >= 15 is 0 Å². The van der Waals surface area contributed by atoms with Gasteiger partial charge >= 0.3 is 0 Å². The Hall–Kier alpha value is -2.00. The maximum absolute atomic E-state index is 8.90. The minimum atomic E-state index is 0.480. The molecule has 86 valence electrons. The van der Waals surface area contributed by atoms with Gasteiger partial charge in [-0.15, -0.1) is 10.2 Å². The van der Waals surface area contributed by atoms with Crippen LogP contribution in [0.3, 0.4) is 0 Å². The lowest BCUT2D eigenvalue weighted by Crippen LogP contribution is -1.96. The molecule has 1 heterocycles. The van der Waals surface area contributed by atoms with Crippen LogP contribution in [0.2, 0.25) is 0 Å². The molecule has 0 aliphatic heterocycles. The van der Waals surface area contributed by atoms with Crippen LogP contribution in [0, 0.1) is 18.3 Å². The van der Waals surface area contributed by atoms with Crippen LogP contribution in [-0.4, -0.2) is 14.8 Å². The molecule has 2 aromatic rings. The minimum absolute atomic E-state index is 0.480. The SMILES string of the molecule is Cc1nnc(Sc2cccc(C#N)c2N)n1C. The summed E-state index contributed by atoms with van der Waals surface area (Å²) < 4.78 is 1.88. The molecule has 0 amide bonds. The zero-order valence-corrected chi connectivity index (χ0v) is 10.3. The first-order valence-electron chi connectivity index (χ1n) is 4.96. The minimum Gasteiger partial charge on any atom is -0.397 e. The highest BCUT2D eigenvalue weighted by molar-refractivity contribution is 7.99. The van der Waals surface area contributed by atoms with Crippen molar-refractivity contribution in [1.29, 1.82) is 5.26 Å². The van der Waals surface area contributed by atoms with E-state index in [4.69, 9.17) is 11.0 Å². The highest BCUT2D eigenvalue weighted by Crippen LogP contribution is 2.32. The second kappa shape index (κ2) is 4.47. The van der Waals surface area contributed by atoms with Crippen molar-refractivity contribution < 1.29 is 0 Å². The molecule has 0 saturated heterocycles. The Labute approximate surface area is 103 Å². The zero-order valence-electron chi connectivity index (χ0n) is 9.51. The third-order valence-electron chi connectivity index (χ3n) is 2.44. The van der Waals surface area contributed by atoms with Crippen LogP contribution in [0.25, 0.3) is 0 Å². The number of hydrogen-bond donors (Lipinski definition) is 1. The molecule has 17 heavy (non-hydrogen) atoms. The number of nitrogens with zero attached hydrogens (tertiary/aromatic N) is 4. The third-order valence-corrected chi connectivity index (χ3v) is 3.55. The van der Waals surface area contributed by atoms with Crippen molar-refractivity contribution in [3.63, 3.8) is 0 Å². The number of nitrogen functional groups attached to an aromatic ring is 1. The van der Waals surface area contributed by atoms with Gasteiger partial charge in [0.25, 0.3) is 0 Å². The molecule has 6 heteroatoms. The molecule has 1 aromatic heterocycles. The largest absolute Gasteiger partial charge is 0.397 e. The highest BCUT2D eigenvalue weighted by atomic mass is 32.2. The van der Waals surface area contributed by atoms with E-state index in [1.54, 1.807) is 12.1 Å². The Morgan fingerprint density at radius 3 is 2.76 bits per heavy atom. The number of anilines is 1. The van der Waals surface area contributed by atoms with Gasteiger partial charge in [-0.3, -0.25) is 0 Å². The van der Waals surface area contributed by atoms with Gasteiger partial charge in [-0.2, -0.15) is 5.26 Å². The summed E-state index contributed by atoms with van der Waals surface area (Å²) in [5.41, 5.74) is 6.86. The lowest BCUT2D eigenvalue weighted by Gasteiger charge is -2.05. The Morgan fingerprint density at radius 1 is 1.41 bits per heavy atom. The van der Waals surface area contributed by atoms with Crippen molar-refractivity contribution in [2.45, 2.75) is 17.0 Å². The summed E-state index contributed by atoms with van der Waals surface area (Å²) >= 11 is 1.40. The first-order valence-corrected chi connectivity index (χ1v) is 5.77. The molecule has 0 fully saturated rings. The first kappa shape index (κ1) is 11.5. The Bertz CT molecular complexity index is 596. The van der Waals surface area contributed by atoms with Crippen LogP contribution in [0.15, 0.2) is 28.3 Å². The average molecular weight is 245 g/mol. The quantitative estimate of drug-likeness (QED) is 0.815. The molecule has 0 radical (unpaired) electrons. The molecule has 0 saturated carbocycles. The van der Waals surface area contributed by atoms with E-state index in [2.05, 4.69) is 16.3 Å². The fraction of sp³-hybridized carbons (Fsp3) is 0.182.